The van der Waals surface area contributed by atoms with E-state index in [0.717, 1.165) is 21.3 Å². The van der Waals surface area contributed by atoms with Crippen LogP contribution in [0.5, 0.6) is 5.88 Å². The summed E-state index contributed by atoms with van der Waals surface area (Å²) in [6, 6.07) is 5.40. The van der Waals surface area contributed by atoms with Gasteiger partial charge in [-0.3, -0.25) is 23.9 Å². The smallest absolute Gasteiger partial charge is 0.259 e. The maximum Gasteiger partial charge on any atom is 0.259 e. The van der Waals surface area contributed by atoms with Crippen molar-refractivity contribution in [2.24, 2.45) is 5.92 Å². The van der Waals surface area contributed by atoms with Crippen LogP contribution >= 0.6 is 15.9 Å². The molecule has 3 fully saturated rings. The molecule has 0 bridgehead atoms. The molecular formula is C29H32BrN5O7S. The summed E-state index contributed by atoms with van der Waals surface area (Å²) in [6.07, 6.45) is 4.62. The van der Waals surface area contributed by atoms with Gasteiger partial charge in [-0.05, 0) is 55.8 Å². The SMILES string of the molecule is C=CC(=O)N[C@H](C)C(=O)N1C[C@H](Oc2nccc3ccc(Br)cc23)C[C@H]1C(=O)N[C@]1(C(=O)NS(=O)(=O)C2CC2)C[C@@H]1C=C. The monoisotopic (exact) mass is 673 g/mol. The average molecular weight is 675 g/mol. The Bertz CT molecular complexity index is 1630. The number of nitrogens with one attached hydrogen (secondary N) is 3. The van der Waals surface area contributed by atoms with Crippen LogP contribution in [0.3, 0.4) is 0 Å². The van der Waals surface area contributed by atoms with Crippen molar-refractivity contribution in [3.05, 3.63) is 60.2 Å². The van der Waals surface area contributed by atoms with Gasteiger partial charge in [0.05, 0.1) is 11.8 Å². The minimum absolute atomic E-state index is 0.00255. The minimum Gasteiger partial charge on any atom is -0.472 e. The molecule has 2 aromatic rings. The highest BCUT2D eigenvalue weighted by molar-refractivity contribution is 9.10. The highest BCUT2D eigenvalue weighted by Gasteiger charge is 2.62. The van der Waals surface area contributed by atoms with E-state index < -0.39 is 68.5 Å². The third kappa shape index (κ3) is 6.30. The third-order valence-electron chi connectivity index (χ3n) is 7.98. The summed E-state index contributed by atoms with van der Waals surface area (Å²) in [5, 5.41) is 6.23. The van der Waals surface area contributed by atoms with E-state index in [2.05, 4.69) is 49.4 Å². The fraction of sp³-hybridized carbons (Fsp3) is 0.414. The predicted octanol–water partition coefficient (Wildman–Crippen LogP) is 1.71. The molecule has 2 saturated carbocycles. The van der Waals surface area contributed by atoms with Crippen molar-refractivity contribution in [2.75, 3.05) is 6.54 Å². The van der Waals surface area contributed by atoms with Crippen LogP contribution in [0.1, 0.15) is 32.6 Å². The molecule has 0 radical (unpaired) electrons. The van der Waals surface area contributed by atoms with Gasteiger partial charge in [0, 0.05) is 28.4 Å². The molecule has 1 aromatic heterocycles. The second-order valence-corrected chi connectivity index (χ2v) is 14.0. The average Bonchev–Trinajstić information content (AvgIpc) is 3.89. The van der Waals surface area contributed by atoms with E-state index in [1.807, 2.05) is 24.3 Å². The second kappa shape index (κ2) is 11.7. The first kappa shape index (κ1) is 30.7. The third-order valence-corrected chi connectivity index (χ3v) is 10.3. The maximum absolute atomic E-state index is 13.8. The van der Waals surface area contributed by atoms with Crippen LogP contribution in [0.2, 0.25) is 0 Å². The first-order valence-corrected chi connectivity index (χ1v) is 16.2. The highest BCUT2D eigenvalue weighted by Crippen LogP contribution is 2.45. The number of likely N-dealkylation sites (tertiary alicyclic amines) is 1. The fourth-order valence-corrected chi connectivity index (χ4v) is 7.07. The van der Waals surface area contributed by atoms with Crippen LogP contribution in [0.15, 0.2) is 60.2 Å². The van der Waals surface area contributed by atoms with Gasteiger partial charge in [0.2, 0.25) is 33.6 Å². The zero-order valence-electron chi connectivity index (χ0n) is 23.4. The Labute approximate surface area is 257 Å². The van der Waals surface area contributed by atoms with Crippen molar-refractivity contribution in [3.63, 3.8) is 0 Å². The summed E-state index contributed by atoms with van der Waals surface area (Å²) < 4.78 is 34.1. The van der Waals surface area contributed by atoms with Gasteiger partial charge >= 0.3 is 0 Å². The molecule has 2 aliphatic carbocycles. The fourth-order valence-electron chi connectivity index (χ4n) is 5.34. The lowest BCUT2D eigenvalue weighted by Gasteiger charge is -2.28. The normalized spacial score (nSPS) is 25.3. The molecule has 3 N–H and O–H groups in total. The number of carbonyl (C=O) groups is 4. The quantitative estimate of drug-likeness (QED) is 0.240. The number of fused-ring (bicyclic) bond motifs is 1. The molecule has 1 aliphatic heterocycles. The van der Waals surface area contributed by atoms with Crippen molar-refractivity contribution in [2.45, 2.75) is 61.6 Å². The first-order valence-electron chi connectivity index (χ1n) is 13.8. The van der Waals surface area contributed by atoms with Crippen molar-refractivity contribution in [3.8, 4) is 5.88 Å². The molecule has 4 amide bonds. The van der Waals surface area contributed by atoms with E-state index in [-0.39, 0.29) is 19.4 Å². The molecule has 228 valence electrons. The number of aromatic nitrogens is 1. The minimum atomic E-state index is -3.86. The highest BCUT2D eigenvalue weighted by atomic mass is 79.9. The molecular weight excluding hydrogens is 642 g/mol. The van der Waals surface area contributed by atoms with Crippen molar-refractivity contribution >= 4 is 60.4 Å². The van der Waals surface area contributed by atoms with E-state index in [4.69, 9.17) is 4.74 Å². The molecule has 14 heteroatoms. The number of nitrogens with zero attached hydrogens (tertiary/aromatic N) is 2. The van der Waals surface area contributed by atoms with Gasteiger partial charge in [-0.15, -0.1) is 6.58 Å². The molecule has 43 heavy (non-hydrogen) atoms. The summed E-state index contributed by atoms with van der Waals surface area (Å²) in [5.74, 6) is -2.76. The lowest BCUT2D eigenvalue weighted by molar-refractivity contribution is -0.141. The Morgan fingerprint density at radius 1 is 1.21 bits per heavy atom. The molecule has 0 spiro atoms. The summed E-state index contributed by atoms with van der Waals surface area (Å²) >= 11 is 3.46. The van der Waals surface area contributed by atoms with E-state index >= 15 is 0 Å². The largest absolute Gasteiger partial charge is 0.472 e. The van der Waals surface area contributed by atoms with Crippen molar-refractivity contribution < 1.29 is 32.3 Å². The molecule has 5 atom stereocenters. The van der Waals surface area contributed by atoms with Gasteiger partial charge < -0.3 is 20.3 Å². The molecule has 1 saturated heterocycles. The van der Waals surface area contributed by atoms with Crippen LogP contribution < -0.4 is 20.1 Å². The molecule has 3 aliphatic rings. The van der Waals surface area contributed by atoms with Gasteiger partial charge in [0.1, 0.15) is 23.7 Å². The topological polar surface area (TPSA) is 164 Å². The number of halogens is 1. The van der Waals surface area contributed by atoms with Gasteiger partial charge in [0.25, 0.3) is 5.91 Å². The Morgan fingerprint density at radius 3 is 2.60 bits per heavy atom. The van der Waals surface area contributed by atoms with Crippen LogP contribution in [0.25, 0.3) is 10.8 Å². The number of ether oxygens (including phenoxy) is 1. The number of amides is 4. The molecule has 1 aromatic carbocycles. The van der Waals surface area contributed by atoms with Crippen LogP contribution in [-0.2, 0) is 29.2 Å². The predicted molar refractivity (Wildman–Crippen MR) is 161 cm³/mol. The van der Waals surface area contributed by atoms with Crippen LogP contribution in [0, 0.1) is 5.92 Å². The van der Waals surface area contributed by atoms with E-state index in [9.17, 15) is 27.6 Å². The van der Waals surface area contributed by atoms with Crippen LogP contribution in [-0.4, -0.2) is 77.5 Å². The van der Waals surface area contributed by atoms with Crippen LogP contribution in [0.4, 0.5) is 0 Å². The number of sulfonamides is 1. The summed E-state index contributed by atoms with van der Waals surface area (Å²) in [4.78, 5) is 58.1. The van der Waals surface area contributed by atoms with Gasteiger partial charge in [-0.25, -0.2) is 13.4 Å². The van der Waals surface area contributed by atoms with Crippen molar-refractivity contribution in [1.82, 2.24) is 25.2 Å². The molecule has 2 heterocycles. The summed E-state index contributed by atoms with van der Waals surface area (Å²) in [7, 11) is -3.86. The van der Waals surface area contributed by atoms with Gasteiger partial charge in [0.15, 0.2) is 0 Å². The molecule has 0 unspecified atom stereocenters. The van der Waals surface area contributed by atoms with Gasteiger partial charge in [-0.2, -0.15) is 0 Å². The Hall–Kier alpha value is -3.78. The van der Waals surface area contributed by atoms with E-state index in [0.29, 0.717) is 18.7 Å². The number of rotatable bonds is 11. The number of hydrogen-bond acceptors (Lipinski definition) is 8. The standard InChI is InChI=1S/C29H32BrN5O7S/c1-4-18-14-29(18,28(39)34-43(40,41)21-8-9-21)33-25(37)23-13-20(15-35(23)27(38)16(3)32-24(36)5-2)42-26-22-12-19(30)7-6-17(22)10-11-31-26/h4-7,10-12,16,18,20-21,23H,1-2,8-9,13-15H2,3H3,(H,32,36)(H,33,37)(H,34,39)/t16-,18+,20-,23+,29-/m1/s1. The number of benzene rings is 1. The maximum atomic E-state index is 13.8. The summed E-state index contributed by atoms with van der Waals surface area (Å²) in [6.45, 7) is 8.61. The zero-order valence-corrected chi connectivity index (χ0v) is 25.8. The lowest BCUT2D eigenvalue weighted by atomic mass is 10.1. The van der Waals surface area contributed by atoms with E-state index in [1.54, 1.807) is 6.20 Å². The van der Waals surface area contributed by atoms with Gasteiger partial charge in [-0.1, -0.05) is 34.7 Å². The number of carbonyl (C=O) groups excluding carboxylic acids is 4. The Kier molecular flexibility index (Phi) is 8.36. The lowest BCUT2D eigenvalue weighted by Crippen LogP contribution is -2.58. The first-order chi connectivity index (χ1) is 20.4. The molecule has 12 nitrogen and oxygen atoms in total. The number of hydrogen-bond donors (Lipinski definition) is 3. The number of pyridine rings is 1. The summed E-state index contributed by atoms with van der Waals surface area (Å²) in [5.41, 5.74) is -1.51. The van der Waals surface area contributed by atoms with E-state index in [1.165, 1.54) is 17.9 Å². The second-order valence-electron chi connectivity index (χ2n) is 11.1. The Balaban J connectivity index is 1.39. The molecule has 5 rings (SSSR count). The Morgan fingerprint density at radius 2 is 1.95 bits per heavy atom. The van der Waals surface area contributed by atoms with Crippen molar-refractivity contribution in [1.29, 1.82) is 0 Å². The zero-order chi connectivity index (χ0) is 31.1.